The van der Waals surface area contributed by atoms with Gasteiger partial charge in [0.05, 0.1) is 6.04 Å². The maximum Gasteiger partial charge on any atom is 0.411 e. The maximum absolute atomic E-state index is 12.6. The number of carbonyl (C=O) groups excluding carboxylic acids is 1. The molecular formula is C19H23N3O2. The van der Waals surface area contributed by atoms with E-state index in [1.165, 1.54) is 5.57 Å². The van der Waals surface area contributed by atoms with E-state index < -0.39 is 5.60 Å². The number of pyridine rings is 1. The molecule has 1 aromatic rings. The number of nitrogens with zero attached hydrogens (tertiary/aromatic N) is 3. The highest BCUT2D eigenvalue weighted by atomic mass is 16.6. The minimum absolute atomic E-state index is 0.0704. The van der Waals surface area contributed by atoms with Crippen LogP contribution < -0.4 is 0 Å². The second kappa shape index (κ2) is 6.27. The van der Waals surface area contributed by atoms with E-state index in [1.807, 2.05) is 37.8 Å². The Hall–Kier alpha value is -2.35. The molecular weight excluding hydrogens is 302 g/mol. The van der Waals surface area contributed by atoms with Gasteiger partial charge in [-0.2, -0.15) is 5.26 Å². The fraction of sp³-hybridized carbons (Fsp3) is 0.526. The monoisotopic (exact) mass is 325 g/mol. The Morgan fingerprint density at radius 3 is 2.88 bits per heavy atom. The molecule has 3 heterocycles. The summed E-state index contributed by atoms with van der Waals surface area (Å²) in [6.07, 6.45) is 7.47. The maximum atomic E-state index is 12.6. The van der Waals surface area contributed by atoms with Crippen molar-refractivity contribution < 1.29 is 9.53 Å². The third-order valence-corrected chi connectivity index (χ3v) is 4.49. The van der Waals surface area contributed by atoms with Crippen molar-refractivity contribution in [3.63, 3.8) is 0 Å². The summed E-state index contributed by atoms with van der Waals surface area (Å²) in [6.45, 7) is 5.69. The molecule has 5 nitrogen and oxygen atoms in total. The van der Waals surface area contributed by atoms with Crippen LogP contribution in [0.25, 0.3) is 5.57 Å². The Morgan fingerprint density at radius 2 is 2.21 bits per heavy atom. The summed E-state index contributed by atoms with van der Waals surface area (Å²) in [5, 5.41) is 9.04. The molecule has 0 aliphatic carbocycles. The lowest BCUT2D eigenvalue weighted by molar-refractivity contribution is 0.0000848. The van der Waals surface area contributed by atoms with E-state index >= 15 is 0 Å². The number of fused-ring (bicyclic) bond motifs is 2. The SMILES string of the molecule is CC(C)(C)OC(=O)N1C2C=C(c3ccnc(C#N)c3)CC1CCC2. The highest BCUT2D eigenvalue weighted by Crippen LogP contribution is 2.37. The Bertz CT molecular complexity index is 712. The molecule has 1 saturated heterocycles. The molecule has 0 spiro atoms. The highest BCUT2D eigenvalue weighted by molar-refractivity contribution is 5.75. The van der Waals surface area contributed by atoms with Crippen molar-refractivity contribution in [2.75, 3.05) is 0 Å². The number of hydrogen-bond donors (Lipinski definition) is 0. The zero-order chi connectivity index (χ0) is 17.3. The van der Waals surface area contributed by atoms with Gasteiger partial charge in [0.2, 0.25) is 0 Å². The quantitative estimate of drug-likeness (QED) is 0.785. The van der Waals surface area contributed by atoms with Crippen molar-refractivity contribution in [2.45, 2.75) is 64.1 Å². The molecule has 5 heteroatoms. The molecule has 1 aromatic heterocycles. The molecule has 2 bridgehead atoms. The van der Waals surface area contributed by atoms with Gasteiger partial charge in [-0.15, -0.1) is 0 Å². The summed E-state index contributed by atoms with van der Waals surface area (Å²) in [6, 6.07) is 6.08. The van der Waals surface area contributed by atoms with Gasteiger partial charge in [0.25, 0.3) is 0 Å². The van der Waals surface area contributed by atoms with Gasteiger partial charge in [-0.1, -0.05) is 6.08 Å². The Balaban J connectivity index is 1.87. The smallest absolute Gasteiger partial charge is 0.411 e. The Labute approximate surface area is 142 Å². The number of hydrogen-bond acceptors (Lipinski definition) is 4. The Morgan fingerprint density at radius 1 is 1.42 bits per heavy atom. The summed E-state index contributed by atoms with van der Waals surface area (Å²) < 4.78 is 5.60. The minimum Gasteiger partial charge on any atom is -0.444 e. The number of piperidine rings is 1. The van der Waals surface area contributed by atoms with E-state index in [9.17, 15) is 4.79 Å². The molecule has 2 aliphatic heterocycles. The van der Waals surface area contributed by atoms with Gasteiger partial charge in [-0.3, -0.25) is 4.90 Å². The van der Waals surface area contributed by atoms with Gasteiger partial charge in [0, 0.05) is 12.2 Å². The molecule has 3 rings (SSSR count). The third kappa shape index (κ3) is 3.43. The van der Waals surface area contributed by atoms with Gasteiger partial charge in [0.15, 0.2) is 0 Å². The number of ether oxygens (including phenoxy) is 1. The summed E-state index contributed by atoms with van der Waals surface area (Å²) in [5.74, 6) is 0. The standard InChI is InChI=1S/C19H23N3O2/c1-19(2,3)24-18(23)22-16-5-4-6-17(22)11-14(10-16)13-7-8-21-15(9-13)12-20/h7-10,16-17H,4-6,11H2,1-3H3. The van der Waals surface area contributed by atoms with Crippen LogP contribution in [0.15, 0.2) is 24.4 Å². The zero-order valence-electron chi connectivity index (χ0n) is 14.5. The first-order chi connectivity index (χ1) is 11.4. The van der Waals surface area contributed by atoms with Crippen LogP contribution >= 0.6 is 0 Å². The van der Waals surface area contributed by atoms with E-state index in [4.69, 9.17) is 10.00 Å². The van der Waals surface area contributed by atoms with Crippen LogP contribution in [0.3, 0.4) is 0 Å². The lowest BCUT2D eigenvalue weighted by Crippen LogP contribution is -2.53. The normalized spacial score (nSPS) is 23.2. The largest absolute Gasteiger partial charge is 0.444 e. The molecule has 0 N–H and O–H groups in total. The van der Waals surface area contributed by atoms with Crippen molar-refractivity contribution in [2.24, 2.45) is 0 Å². The van der Waals surface area contributed by atoms with Crippen LogP contribution in [0.2, 0.25) is 0 Å². The average Bonchev–Trinajstić information content (AvgIpc) is 2.52. The molecule has 126 valence electrons. The van der Waals surface area contributed by atoms with Gasteiger partial charge >= 0.3 is 6.09 Å². The number of nitriles is 1. The van der Waals surface area contributed by atoms with Crippen molar-refractivity contribution >= 4 is 11.7 Å². The van der Waals surface area contributed by atoms with Crippen molar-refractivity contribution in [1.82, 2.24) is 9.88 Å². The van der Waals surface area contributed by atoms with Crippen molar-refractivity contribution in [3.05, 3.63) is 35.7 Å². The molecule has 0 saturated carbocycles. The lowest BCUT2D eigenvalue weighted by Gasteiger charge is -2.45. The third-order valence-electron chi connectivity index (χ3n) is 4.49. The van der Waals surface area contributed by atoms with Gasteiger partial charge in [-0.05, 0) is 69.7 Å². The summed E-state index contributed by atoms with van der Waals surface area (Å²) in [5.41, 5.74) is 2.17. The highest BCUT2D eigenvalue weighted by Gasteiger charge is 2.39. The van der Waals surface area contributed by atoms with Crippen LogP contribution in [0, 0.1) is 11.3 Å². The van der Waals surface area contributed by atoms with Crippen LogP contribution in [0.1, 0.15) is 57.7 Å². The fourth-order valence-corrected chi connectivity index (χ4v) is 3.53. The topological polar surface area (TPSA) is 66.2 Å². The first kappa shape index (κ1) is 16.5. The molecule has 0 aromatic carbocycles. The van der Waals surface area contributed by atoms with Gasteiger partial charge < -0.3 is 4.74 Å². The minimum atomic E-state index is -0.484. The van der Waals surface area contributed by atoms with E-state index in [-0.39, 0.29) is 18.2 Å². The number of rotatable bonds is 1. The Kier molecular flexibility index (Phi) is 4.31. The van der Waals surface area contributed by atoms with Gasteiger partial charge in [0.1, 0.15) is 17.4 Å². The van der Waals surface area contributed by atoms with Crippen LogP contribution in [0.4, 0.5) is 4.79 Å². The predicted molar refractivity (Wildman–Crippen MR) is 91.0 cm³/mol. The summed E-state index contributed by atoms with van der Waals surface area (Å²) in [7, 11) is 0. The zero-order valence-corrected chi connectivity index (χ0v) is 14.5. The van der Waals surface area contributed by atoms with Crippen molar-refractivity contribution in [1.29, 1.82) is 5.26 Å². The molecule has 1 amide bonds. The number of carbonyl (C=O) groups is 1. The second-order valence-corrected chi connectivity index (χ2v) is 7.48. The van der Waals surface area contributed by atoms with E-state index in [0.29, 0.717) is 5.69 Å². The molecule has 2 unspecified atom stereocenters. The first-order valence-corrected chi connectivity index (χ1v) is 8.46. The molecule has 2 atom stereocenters. The second-order valence-electron chi connectivity index (χ2n) is 7.48. The summed E-state index contributed by atoms with van der Waals surface area (Å²) in [4.78, 5) is 18.5. The van der Waals surface area contributed by atoms with E-state index in [1.54, 1.807) is 6.20 Å². The predicted octanol–water partition coefficient (Wildman–Crippen LogP) is 3.90. The van der Waals surface area contributed by atoms with E-state index in [0.717, 1.165) is 31.2 Å². The average molecular weight is 325 g/mol. The van der Waals surface area contributed by atoms with Gasteiger partial charge in [-0.25, -0.2) is 9.78 Å². The molecule has 2 aliphatic rings. The van der Waals surface area contributed by atoms with Crippen LogP contribution in [-0.2, 0) is 4.74 Å². The molecule has 1 fully saturated rings. The van der Waals surface area contributed by atoms with Crippen LogP contribution in [0.5, 0.6) is 0 Å². The number of aromatic nitrogens is 1. The molecule has 24 heavy (non-hydrogen) atoms. The van der Waals surface area contributed by atoms with Crippen LogP contribution in [-0.4, -0.2) is 33.7 Å². The van der Waals surface area contributed by atoms with E-state index in [2.05, 4.69) is 17.1 Å². The first-order valence-electron chi connectivity index (χ1n) is 8.46. The lowest BCUT2D eigenvalue weighted by atomic mass is 9.83. The number of amides is 1. The fourth-order valence-electron chi connectivity index (χ4n) is 3.53. The summed E-state index contributed by atoms with van der Waals surface area (Å²) >= 11 is 0. The molecule has 0 radical (unpaired) electrons. The van der Waals surface area contributed by atoms with Crippen molar-refractivity contribution in [3.8, 4) is 6.07 Å².